The van der Waals surface area contributed by atoms with Crippen LogP contribution in [0.5, 0.6) is 0 Å². The van der Waals surface area contributed by atoms with Crippen LogP contribution in [0.2, 0.25) is 0 Å². The minimum atomic E-state index is -0.459. The van der Waals surface area contributed by atoms with Crippen molar-refractivity contribution in [2.75, 3.05) is 19.6 Å². The van der Waals surface area contributed by atoms with E-state index in [0.717, 1.165) is 12.2 Å². The minimum Gasteiger partial charge on any atom is -0.444 e. The third-order valence-electron chi connectivity index (χ3n) is 3.12. The number of nitrogens with zero attached hydrogens (tertiary/aromatic N) is 2. The molecule has 1 unspecified atom stereocenters. The number of aromatic nitrogens is 1. The van der Waals surface area contributed by atoms with Crippen LogP contribution in [-0.4, -0.2) is 41.2 Å². The Morgan fingerprint density at radius 1 is 1.50 bits per heavy atom. The molecular formula is C15H23N3O2. The van der Waals surface area contributed by atoms with Crippen molar-refractivity contribution in [3.63, 3.8) is 0 Å². The number of nitrogens with one attached hydrogen (secondary N) is 1. The Morgan fingerprint density at radius 2 is 2.25 bits per heavy atom. The van der Waals surface area contributed by atoms with Crippen LogP contribution in [0.4, 0.5) is 4.79 Å². The van der Waals surface area contributed by atoms with Crippen molar-refractivity contribution < 1.29 is 9.53 Å². The number of rotatable bonds is 1. The highest BCUT2D eigenvalue weighted by molar-refractivity contribution is 5.68. The molecule has 1 aromatic heterocycles. The lowest BCUT2D eigenvalue weighted by Crippen LogP contribution is -2.49. The van der Waals surface area contributed by atoms with E-state index in [-0.39, 0.29) is 12.1 Å². The molecule has 0 aliphatic carbocycles. The van der Waals surface area contributed by atoms with Crippen LogP contribution in [0.25, 0.3) is 0 Å². The maximum Gasteiger partial charge on any atom is 0.410 e. The van der Waals surface area contributed by atoms with Crippen molar-refractivity contribution in [3.05, 3.63) is 29.6 Å². The lowest BCUT2D eigenvalue weighted by Gasteiger charge is -2.34. The SMILES string of the molecule is Cc1ccnc(C2CN(C(=O)OC(C)(C)C)CCN2)c1. The molecular weight excluding hydrogens is 254 g/mol. The first-order chi connectivity index (χ1) is 9.35. The van der Waals surface area contributed by atoms with Crippen LogP contribution in [0.3, 0.4) is 0 Å². The third-order valence-corrected chi connectivity index (χ3v) is 3.12. The molecule has 1 aromatic rings. The number of ether oxygens (including phenoxy) is 1. The number of pyridine rings is 1. The van der Waals surface area contributed by atoms with Crippen molar-refractivity contribution in [3.8, 4) is 0 Å². The largest absolute Gasteiger partial charge is 0.444 e. The number of hydrogen-bond acceptors (Lipinski definition) is 4. The summed E-state index contributed by atoms with van der Waals surface area (Å²) in [5, 5.41) is 3.40. The molecule has 1 N–H and O–H groups in total. The molecule has 2 heterocycles. The first-order valence-corrected chi connectivity index (χ1v) is 6.99. The molecule has 1 aliphatic rings. The normalized spacial score (nSPS) is 19.8. The molecule has 1 aliphatic heterocycles. The van der Waals surface area contributed by atoms with Crippen molar-refractivity contribution >= 4 is 6.09 Å². The van der Waals surface area contributed by atoms with Gasteiger partial charge in [-0.05, 0) is 45.4 Å². The predicted molar refractivity (Wildman–Crippen MR) is 77.5 cm³/mol. The first-order valence-electron chi connectivity index (χ1n) is 6.99. The zero-order valence-electron chi connectivity index (χ0n) is 12.6. The number of piperazine rings is 1. The van der Waals surface area contributed by atoms with Crippen LogP contribution in [0.1, 0.15) is 38.1 Å². The zero-order chi connectivity index (χ0) is 14.8. The van der Waals surface area contributed by atoms with Crippen molar-refractivity contribution in [2.24, 2.45) is 0 Å². The van der Waals surface area contributed by atoms with E-state index < -0.39 is 5.60 Å². The Hall–Kier alpha value is -1.62. The highest BCUT2D eigenvalue weighted by atomic mass is 16.6. The molecule has 0 saturated carbocycles. The second-order valence-electron chi connectivity index (χ2n) is 6.19. The van der Waals surface area contributed by atoms with Gasteiger partial charge in [-0.2, -0.15) is 0 Å². The van der Waals surface area contributed by atoms with Gasteiger partial charge < -0.3 is 15.0 Å². The maximum absolute atomic E-state index is 12.1. The molecule has 5 nitrogen and oxygen atoms in total. The number of hydrogen-bond donors (Lipinski definition) is 1. The third kappa shape index (κ3) is 3.93. The van der Waals surface area contributed by atoms with E-state index in [4.69, 9.17) is 4.74 Å². The van der Waals surface area contributed by atoms with Crippen LogP contribution >= 0.6 is 0 Å². The number of carbonyl (C=O) groups excluding carboxylic acids is 1. The zero-order valence-corrected chi connectivity index (χ0v) is 12.6. The first kappa shape index (κ1) is 14.8. The van der Waals surface area contributed by atoms with E-state index in [9.17, 15) is 4.79 Å². The lowest BCUT2D eigenvalue weighted by atomic mass is 10.1. The van der Waals surface area contributed by atoms with Gasteiger partial charge in [0.05, 0.1) is 11.7 Å². The van der Waals surface area contributed by atoms with Crippen molar-refractivity contribution in [1.82, 2.24) is 15.2 Å². The number of amides is 1. The average molecular weight is 277 g/mol. The Morgan fingerprint density at radius 3 is 2.90 bits per heavy atom. The average Bonchev–Trinajstić information content (AvgIpc) is 2.37. The molecule has 5 heteroatoms. The van der Waals surface area contributed by atoms with Crippen LogP contribution in [0.15, 0.2) is 18.3 Å². The smallest absolute Gasteiger partial charge is 0.410 e. The second-order valence-corrected chi connectivity index (χ2v) is 6.19. The summed E-state index contributed by atoms with van der Waals surface area (Å²) in [7, 11) is 0. The van der Waals surface area contributed by atoms with Gasteiger partial charge in [-0.25, -0.2) is 4.79 Å². The molecule has 0 bridgehead atoms. The van der Waals surface area contributed by atoms with Crippen molar-refractivity contribution in [2.45, 2.75) is 39.3 Å². The van der Waals surface area contributed by atoms with E-state index in [1.807, 2.05) is 33.8 Å². The van der Waals surface area contributed by atoms with E-state index in [2.05, 4.69) is 16.4 Å². The fourth-order valence-electron chi connectivity index (χ4n) is 2.19. The summed E-state index contributed by atoms with van der Waals surface area (Å²) >= 11 is 0. The fraction of sp³-hybridized carbons (Fsp3) is 0.600. The van der Waals surface area contributed by atoms with E-state index >= 15 is 0 Å². The predicted octanol–water partition coefficient (Wildman–Crippen LogP) is 2.27. The van der Waals surface area contributed by atoms with Gasteiger partial charge in [0.15, 0.2) is 0 Å². The Kier molecular flexibility index (Phi) is 4.28. The van der Waals surface area contributed by atoms with E-state index in [1.165, 1.54) is 5.56 Å². The summed E-state index contributed by atoms with van der Waals surface area (Å²) in [5.41, 5.74) is 1.68. The highest BCUT2D eigenvalue weighted by Crippen LogP contribution is 2.18. The summed E-state index contributed by atoms with van der Waals surface area (Å²) in [6, 6.07) is 4.09. The fourth-order valence-corrected chi connectivity index (χ4v) is 2.19. The maximum atomic E-state index is 12.1. The van der Waals surface area contributed by atoms with Gasteiger partial charge in [-0.3, -0.25) is 4.98 Å². The molecule has 0 aromatic carbocycles. The van der Waals surface area contributed by atoms with Gasteiger partial charge in [0.1, 0.15) is 5.60 Å². The molecule has 1 atom stereocenters. The van der Waals surface area contributed by atoms with E-state index in [0.29, 0.717) is 13.1 Å². The van der Waals surface area contributed by atoms with E-state index in [1.54, 1.807) is 11.1 Å². The molecule has 20 heavy (non-hydrogen) atoms. The molecule has 1 saturated heterocycles. The van der Waals surface area contributed by atoms with Gasteiger partial charge in [0.25, 0.3) is 0 Å². The molecule has 1 fully saturated rings. The molecule has 0 spiro atoms. The lowest BCUT2D eigenvalue weighted by molar-refractivity contribution is 0.0194. The summed E-state index contributed by atoms with van der Waals surface area (Å²) in [4.78, 5) is 18.2. The standard InChI is InChI=1S/C15H23N3O2/c1-11-5-6-16-12(9-11)13-10-18(8-7-17-13)14(19)20-15(2,3)4/h5-6,9,13,17H,7-8,10H2,1-4H3. The van der Waals surface area contributed by atoms with Gasteiger partial charge >= 0.3 is 6.09 Å². The van der Waals surface area contributed by atoms with Crippen molar-refractivity contribution in [1.29, 1.82) is 0 Å². The Bertz CT molecular complexity index is 482. The highest BCUT2D eigenvalue weighted by Gasteiger charge is 2.28. The summed E-state index contributed by atoms with van der Waals surface area (Å²) < 4.78 is 5.42. The molecule has 110 valence electrons. The monoisotopic (exact) mass is 277 g/mol. The minimum absolute atomic E-state index is 0.0659. The quantitative estimate of drug-likeness (QED) is 0.855. The number of aryl methyl sites for hydroxylation is 1. The van der Waals surface area contributed by atoms with Gasteiger partial charge in [0.2, 0.25) is 0 Å². The van der Waals surface area contributed by atoms with Gasteiger partial charge in [0, 0.05) is 25.8 Å². The molecule has 2 rings (SSSR count). The van der Waals surface area contributed by atoms with Crippen LogP contribution in [0, 0.1) is 6.92 Å². The topological polar surface area (TPSA) is 54.5 Å². The second kappa shape index (κ2) is 5.79. The van der Waals surface area contributed by atoms with Gasteiger partial charge in [-0.15, -0.1) is 0 Å². The van der Waals surface area contributed by atoms with Gasteiger partial charge in [-0.1, -0.05) is 0 Å². The summed E-state index contributed by atoms with van der Waals surface area (Å²) in [5.74, 6) is 0. The molecule has 1 amide bonds. The van der Waals surface area contributed by atoms with Crippen LogP contribution in [-0.2, 0) is 4.74 Å². The number of carbonyl (C=O) groups is 1. The molecule has 0 radical (unpaired) electrons. The Labute approximate surface area is 120 Å². The summed E-state index contributed by atoms with van der Waals surface area (Å²) in [6.07, 6.45) is 1.55. The Balaban J connectivity index is 2.03. The van der Waals surface area contributed by atoms with Crippen LogP contribution < -0.4 is 5.32 Å². The summed E-state index contributed by atoms with van der Waals surface area (Å²) in [6.45, 7) is 9.69.